The lowest BCUT2D eigenvalue weighted by atomic mass is 9.90. The Balaban J connectivity index is 2.32. The van der Waals surface area contributed by atoms with Crippen molar-refractivity contribution in [1.29, 1.82) is 0 Å². The summed E-state index contributed by atoms with van der Waals surface area (Å²) in [7, 11) is 1.63. The molecule has 0 unspecified atom stereocenters. The number of hydrogen-bond acceptors (Lipinski definition) is 4. The van der Waals surface area contributed by atoms with Gasteiger partial charge < -0.3 is 4.74 Å². The van der Waals surface area contributed by atoms with Gasteiger partial charge in [0.1, 0.15) is 22.6 Å². The highest BCUT2D eigenvalue weighted by Gasteiger charge is 2.50. The predicted molar refractivity (Wildman–Crippen MR) is 65.8 cm³/mol. The van der Waals surface area contributed by atoms with Crippen LogP contribution in [0.15, 0.2) is 24.3 Å². The van der Waals surface area contributed by atoms with Gasteiger partial charge in [-0.2, -0.15) is 0 Å². The van der Waals surface area contributed by atoms with Gasteiger partial charge in [0, 0.05) is 0 Å². The molecule has 2 rings (SSSR count). The molecule has 4 nitrogen and oxygen atoms in total. The normalized spacial score (nSPS) is 21.6. The van der Waals surface area contributed by atoms with E-state index >= 15 is 0 Å². The van der Waals surface area contributed by atoms with Crippen LogP contribution in [0, 0.1) is 0 Å². The summed E-state index contributed by atoms with van der Waals surface area (Å²) < 4.78 is 5.29. The van der Waals surface area contributed by atoms with Gasteiger partial charge in [0.15, 0.2) is 0 Å². The molecule has 0 amide bonds. The zero-order valence-electron chi connectivity index (χ0n) is 11.0. The predicted octanol–water partition coefficient (Wildman–Crippen LogP) is 2.94. The van der Waals surface area contributed by atoms with Crippen molar-refractivity contribution in [1.82, 2.24) is 0 Å². The minimum Gasteiger partial charge on any atom is -0.494 e. The maximum absolute atomic E-state index is 5.82. The lowest BCUT2D eigenvalue weighted by Gasteiger charge is -2.26. The molecule has 0 aromatic heterocycles. The van der Waals surface area contributed by atoms with Crippen molar-refractivity contribution < 1.29 is 14.4 Å². The Morgan fingerprint density at radius 2 is 1.53 bits per heavy atom. The molecule has 1 fully saturated rings. The molecular formula is C13H19NO3. The highest BCUT2D eigenvalue weighted by Crippen LogP contribution is 2.42. The van der Waals surface area contributed by atoms with Gasteiger partial charge in [-0.1, -0.05) is 12.1 Å². The van der Waals surface area contributed by atoms with Crippen LogP contribution in [-0.2, 0) is 9.68 Å². The third-order valence-electron chi connectivity index (χ3n) is 3.35. The van der Waals surface area contributed by atoms with E-state index in [4.69, 9.17) is 14.4 Å². The van der Waals surface area contributed by atoms with E-state index < -0.39 is 11.2 Å². The Morgan fingerprint density at radius 1 is 1.00 bits per heavy atom. The number of anilines is 1. The molecule has 4 heteroatoms. The molecule has 1 aliphatic heterocycles. The number of para-hydroxylation sites is 2. The van der Waals surface area contributed by atoms with Crippen LogP contribution in [0.2, 0.25) is 0 Å². The lowest BCUT2D eigenvalue weighted by molar-refractivity contribution is -0.0281. The van der Waals surface area contributed by atoms with E-state index in [0.29, 0.717) is 0 Å². The van der Waals surface area contributed by atoms with Crippen LogP contribution in [-0.4, -0.2) is 18.3 Å². The smallest absolute Gasteiger partial charge is 0.147 e. The molecule has 0 radical (unpaired) electrons. The Hall–Kier alpha value is -1.26. The molecule has 1 aromatic rings. The molecule has 1 aliphatic rings. The first-order chi connectivity index (χ1) is 7.87. The summed E-state index contributed by atoms with van der Waals surface area (Å²) in [6.45, 7) is 8.01. The largest absolute Gasteiger partial charge is 0.494 e. The number of benzene rings is 1. The monoisotopic (exact) mass is 237 g/mol. The number of ether oxygens (including phenoxy) is 1. The van der Waals surface area contributed by atoms with E-state index in [1.165, 1.54) is 5.23 Å². The molecule has 94 valence electrons. The summed E-state index contributed by atoms with van der Waals surface area (Å²) in [5.41, 5.74) is -0.0181. The second kappa shape index (κ2) is 3.89. The van der Waals surface area contributed by atoms with Crippen molar-refractivity contribution in [3.8, 4) is 5.75 Å². The van der Waals surface area contributed by atoms with Gasteiger partial charge in [-0.3, -0.25) is 0 Å². The van der Waals surface area contributed by atoms with E-state index in [2.05, 4.69) is 0 Å². The summed E-state index contributed by atoms with van der Waals surface area (Å²) in [5.74, 6) is 0.723. The fraction of sp³-hybridized carbons (Fsp3) is 0.538. The summed E-state index contributed by atoms with van der Waals surface area (Å²) in [5, 5.41) is 1.44. The summed E-state index contributed by atoms with van der Waals surface area (Å²) >= 11 is 0. The van der Waals surface area contributed by atoms with E-state index in [9.17, 15) is 0 Å². The van der Waals surface area contributed by atoms with Crippen LogP contribution >= 0.6 is 0 Å². The standard InChI is InChI=1S/C13H19NO3/c1-12(2)13(3,4)17-14(16-12)10-8-6-7-9-11(10)15-5/h6-9H,1-5H3. The third-order valence-corrected chi connectivity index (χ3v) is 3.35. The van der Waals surface area contributed by atoms with Crippen molar-refractivity contribution in [3.63, 3.8) is 0 Å². The van der Waals surface area contributed by atoms with Crippen LogP contribution in [0.5, 0.6) is 5.75 Å². The molecular weight excluding hydrogens is 218 g/mol. The van der Waals surface area contributed by atoms with Crippen molar-refractivity contribution >= 4 is 5.69 Å². The topological polar surface area (TPSA) is 30.9 Å². The van der Waals surface area contributed by atoms with E-state index in [1.807, 2.05) is 52.0 Å². The van der Waals surface area contributed by atoms with Crippen LogP contribution in [0.1, 0.15) is 27.7 Å². The third kappa shape index (κ3) is 1.98. The van der Waals surface area contributed by atoms with Gasteiger partial charge in [-0.15, -0.1) is 5.23 Å². The average Bonchev–Trinajstić information content (AvgIpc) is 2.48. The lowest BCUT2D eigenvalue weighted by Crippen LogP contribution is -2.41. The Morgan fingerprint density at radius 3 is 2.06 bits per heavy atom. The highest BCUT2D eigenvalue weighted by atomic mass is 17.0. The first-order valence-corrected chi connectivity index (χ1v) is 5.69. The van der Waals surface area contributed by atoms with Crippen LogP contribution in [0.3, 0.4) is 0 Å². The van der Waals surface area contributed by atoms with Gasteiger partial charge in [0.05, 0.1) is 7.11 Å². The molecule has 1 heterocycles. The van der Waals surface area contributed by atoms with Crippen LogP contribution in [0.4, 0.5) is 5.69 Å². The zero-order valence-corrected chi connectivity index (χ0v) is 11.0. The maximum atomic E-state index is 5.82. The Labute approximate surface area is 102 Å². The molecule has 0 bridgehead atoms. The van der Waals surface area contributed by atoms with Gasteiger partial charge in [0.25, 0.3) is 0 Å². The molecule has 0 N–H and O–H groups in total. The second-order valence-corrected chi connectivity index (χ2v) is 5.13. The van der Waals surface area contributed by atoms with Crippen LogP contribution < -0.4 is 9.96 Å². The van der Waals surface area contributed by atoms with Crippen molar-refractivity contribution in [2.45, 2.75) is 38.9 Å². The molecule has 0 atom stereocenters. The number of rotatable bonds is 2. The molecule has 17 heavy (non-hydrogen) atoms. The summed E-state index contributed by atoms with van der Waals surface area (Å²) in [6.07, 6.45) is 0. The maximum Gasteiger partial charge on any atom is 0.147 e. The molecule has 0 saturated carbocycles. The van der Waals surface area contributed by atoms with Gasteiger partial charge in [-0.05, 0) is 39.8 Å². The number of nitrogens with zero attached hydrogens (tertiary/aromatic N) is 1. The molecule has 1 aromatic carbocycles. The SMILES string of the molecule is COc1ccccc1N1OC(C)(C)C(C)(C)O1. The van der Waals surface area contributed by atoms with Crippen molar-refractivity contribution in [2.75, 3.05) is 12.3 Å². The molecule has 0 aliphatic carbocycles. The number of hydrogen-bond donors (Lipinski definition) is 0. The summed E-state index contributed by atoms with van der Waals surface area (Å²) in [6, 6.07) is 7.61. The van der Waals surface area contributed by atoms with Crippen molar-refractivity contribution in [3.05, 3.63) is 24.3 Å². The summed E-state index contributed by atoms with van der Waals surface area (Å²) in [4.78, 5) is 11.6. The minimum atomic E-state index is -0.395. The minimum absolute atomic E-state index is 0.395. The number of methoxy groups -OCH3 is 1. The quantitative estimate of drug-likeness (QED) is 0.791. The van der Waals surface area contributed by atoms with Crippen LogP contribution in [0.25, 0.3) is 0 Å². The first kappa shape index (κ1) is 12.2. The molecule has 0 spiro atoms. The Kier molecular flexibility index (Phi) is 2.79. The van der Waals surface area contributed by atoms with Crippen molar-refractivity contribution in [2.24, 2.45) is 0 Å². The van der Waals surface area contributed by atoms with E-state index in [1.54, 1.807) is 7.11 Å². The van der Waals surface area contributed by atoms with E-state index in [0.717, 1.165) is 11.4 Å². The van der Waals surface area contributed by atoms with E-state index in [-0.39, 0.29) is 0 Å². The zero-order chi connectivity index (χ0) is 12.7. The fourth-order valence-corrected chi connectivity index (χ4v) is 1.53. The second-order valence-electron chi connectivity index (χ2n) is 5.13. The average molecular weight is 237 g/mol. The highest BCUT2D eigenvalue weighted by molar-refractivity contribution is 5.55. The Bertz CT molecular complexity index is 399. The van der Waals surface area contributed by atoms with Gasteiger partial charge in [0.2, 0.25) is 0 Å². The van der Waals surface area contributed by atoms with Gasteiger partial charge >= 0.3 is 0 Å². The molecule has 1 saturated heterocycles. The fourth-order valence-electron chi connectivity index (χ4n) is 1.53. The first-order valence-electron chi connectivity index (χ1n) is 5.69. The van der Waals surface area contributed by atoms with Gasteiger partial charge in [-0.25, -0.2) is 9.68 Å².